The highest BCUT2D eigenvalue weighted by Gasteiger charge is 2.24. The smallest absolute Gasteiger partial charge is 0.274 e. The normalized spacial score (nSPS) is 13.7. The van der Waals surface area contributed by atoms with Crippen LogP contribution in [0.25, 0.3) is 5.69 Å². The third-order valence-electron chi connectivity index (χ3n) is 5.68. The molecular weight excluding hydrogens is 475 g/mol. The zero-order valence-electron chi connectivity index (χ0n) is 19.2. The molecule has 2 aromatic carbocycles. The summed E-state index contributed by atoms with van der Waals surface area (Å²) in [6.45, 7) is 3.15. The van der Waals surface area contributed by atoms with E-state index in [0.717, 1.165) is 30.6 Å². The molecule has 0 radical (unpaired) electrons. The molecule has 4 N–H and O–H groups in total. The van der Waals surface area contributed by atoms with E-state index >= 15 is 0 Å². The Labute approximate surface area is 202 Å². The summed E-state index contributed by atoms with van der Waals surface area (Å²) in [6, 6.07) is 9.78. The van der Waals surface area contributed by atoms with Crippen LogP contribution < -0.4 is 15.2 Å². The van der Waals surface area contributed by atoms with Gasteiger partial charge in [-0.25, -0.2) is 22.6 Å². The minimum absolute atomic E-state index is 0.0224. The number of amidine groups is 1. The number of nitrogens with one attached hydrogen (secondary N) is 2. The maximum absolute atomic E-state index is 14.8. The maximum atomic E-state index is 14.8. The van der Waals surface area contributed by atoms with Gasteiger partial charge < -0.3 is 15.0 Å². The average molecular weight is 501 g/mol. The molecular formula is C23H25FN6O4S. The SMILES string of the molecule is COc1ccc(-n2nc(C)cc2C(=O)Nc2ccc(C(=N)N3CCCC3)cc2F)c(S(N)(=O)=O)c1. The van der Waals surface area contributed by atoms with Gasteiger partial charge in [0.1, 0.15) is 28.0 Å². The number of methoxy groups -OCH3 is 1. The fourth-order valence-electron chi connectivity index (χ4n) is 3.94. The Kier molecular flexibility index (Phi) is 6.59. The van der Waals surface area contributed by atoms with Gasteiger partial charge >= 0.3 is 0 Å². The summed E-state index contributed by atoms with van der Waals surface area (Å²) >= 11 is 0. The predicted molar refractivity (Wildman–Crippen MR) is 128 cm³/mol. The molecule has 0 spiro atoms. The molecule has 35 heavy (non-hydrogen) atoms. The first-order valence-corrected chi connectivity index (χ1v) is 12.4. The van der Waals surface area contributed by atoms with E-state index in [-0.39, 0.29) is 33.5 Å². The number of aromatic nitrogens is 2. The second-order valence-corrected chi connectivity index (χ2v) is 9.68. The van der Waals surface area contributed by atoms with Crippen LogP contribution in [0.2, 0.25) is 0 Å². The average Bonchev–Trinajstić information content (AvgIpc) is 3.49. The fourth-order valence-corrected chi connectivity index (χ4v) is 4.67. The van der Waals surface area contributed by atoms with Gasteiger partial charge in [-0.15, -0.1) is 0 Å². The Morgan fingerprint density at radius 3 is 2.51 bits per heavy atom. The number of likely N-dealkylation sites (tertiary alicyclic amines) is 1. The van der Waals surface area contributed by atoms with Gasteiger partial charge in [-0.2, -0.15) is 5.10 Å². The summed E-state index contributed by atoms with van der Waals surface area (Å²) in [4.78, 5) is 14.7. The molecule has 1 aliphatic rings. The lowest BCUT2D eigenvalue weighted by Crippen LogP contribution is -2.27. The Balaban J connectivity index is 1.65. The van der Waals surface area contributed by atoms with Crippen LogP contribution in [-0.4, -0.2) is 55.0 Å². The highest BCUT2D eigenvalue weighted by atomic mass is 32.2. The summed E-state index contributed by atoms with van der Waals surface area (Å²) in [5.41, 5.74) is 0.785. The molecule has 1 fully saturated rings. The number of nitrogens with zero attached hydrogens (tertiary/aromatic N) is 3. The number of anilines is 1. The van der Waals surface area contributed by atoms with Gasteiger partial charge in [-0.05, 0) is 56.2 Å². The number of ether oxygens (including phenoxy) is 1. The predicted octanol–water partition coefficient (Wildman–Crippen LogP) is 2.65. The van der Waals surface area contributed by atoms with Gasteiger partial charge in [0.25, 0.3) is 5.91 Å². The molecule has 1 amide bonds. The van der Waals surface area contributed by atoms with E-state index in [9.17, 15) is 17.6 Å². The molecule has 1 aliphatic heterocycles. The molecule has 0 unspecified atom stereocenters. The molecule has 3 aromatic rings. The number of nitrogens with two attached hydrogens (primary N) is 1. The lowest BCUT2D eigenvalue weighted by molar-refractivity contribution is 0.101. The monoisotopic (exact) mass is 500 g/mol. The van der Waals surface area contributed by atoms with E-state index in [2.05, 4.69) is 10.4 Å². The van der Waals surface area contributed by atoms with E-state index in [1.807, 2.05) is 4.90 Å². The van der Waals surface area contributed by atoms with Crippen LogP contribution in [0.15, 0.2) is 47.4 Å². The number of amides is 1. The molecule has 184 valence electrons. The lowest BCUT2D eigenvalue weighted by atomic mass is 10.1. The van der Waals surface area contributed by atoms with Gasteiger partial charge in [0.2, 0.25) is 10.0 Å². The first-order chi connectivity index (χ1) is 16.6. The number of halogens is 1. The molecule has 10 nitrogen and oxygen atoms in total. The first kappa shape index (κ1) is 24.4. The molecule has 0 bridgehead atoms. The number of rotatable bonds is 6. The molecule has 12 heteroatoms. The van der Waals surface area contributed by atoms with E-state index in [0.29, 0.717) is 11.3 Å². The van der Waals surface area contributed by atoms with E-state index in [4.69, 9.17) is 15.3 Å². The van der Waals surface area contributed by atoms with Crippen LogP contribution in [-0.2, 0) is 10.0 Å². The van der Waals surface area contributed by atoms with Gasteiger partial charge in [-0.3, -0.25) is 10.2 Å². The van der Waals surface area contributed by atoms with Crippen molar-refractivity contribution in [1.29, 1.82) is 5.41 Å². The number of hydrogen-bond donors (Lipinski definition) is 3. The number of carbonyl (C=O) groups is 1. The zero-order valence-corrected chi connectivity index (χ0v) is 20.0. The second-order valence-electron chi connectivity index (χ2n) is 8.15. The molecule has 0 atom stereocenters. The Hall–Kier alpha value is -3.77. The molecule has 2 heterocycles. The third-order valence-corrected chi connectivity index (χ3v) is 6.62. The molecule has 1 saturated heterocycles. The van der Waals surface area contributed by atoms with Crippen molar-refractivity contribution in [3.05, 3.63) is 65.2 Å². The van der Waals surface area contributed by atoms with Gasteiger partial charge in [0.15, 0.2) is 0 Å². The summed E-state index contributed by atoms with van der Waals surface area (Å²) in [5.74, 6) is -0.905. The van der Waals surface area contributed by atoms with Gasteiger partial charge in [0, 0.05) is 24.7 Å². The summed E-state index contributed by atoms with van der Waals surface area (Å²) in [7, 11) is -2.81. The summed E-state index contributed by atoms with van der Waals surface area (Å²) < 4.78 is 45.5. The number of benzene rings is 2. The zero-order chi connectivity index (χ0) is 25.3. The van der Waals surface area contributed by atoms with Crippen molar-refractivity contribution in [3.8, 4) is 11.4 Å². The standard InChI is InChI=1S/C23H25FN6O4S/c1-14-11-20(30(28-14)19-8-6-16(34-2)13-21(19)35(26,32)33)23(31)27-18-7-5-15(12-17(18)24)22(25)29-9-3-4-10-29/h5-8,11-13,25H,3-4,9-10H2,1-2H3,(H,27,31)(H2,26,32,33). The second kappa shape index (κ2) is 9.47. The van der Waals surface area contributed by atoms with Crippen LogP contribution in [0.1, 0.15) is 34.6 Å². The third kappa shape index (κ3) is 5.03. The molecule has 0 saturated carbocycles. The number of aryl methyl sites for hydroxylation is 1. The van der Waals surface area contributed by atoms with E-state index in [1.54, 1.807) is 13.0 Å². The number of hydrogen-bond acceptors (Lipinski definition) is 6. The highest BCUT2D eigenvalue weighted by Crippen LogP contribution is 2.26. The van der Waals surface area contributed by atoms with Crippen LogP contribution in [0.5, 0.6) is 5.75 Å². The topological polar surface area (TPSA) is 143 Å². The minimum atomic E-state index is -4.19. The Morgan fingerprint density at radius 1 is 1.17 bits per heavy atom. The van der Waals surface area contributed by atoms with E-state index < -0.39 is 21.7 Å². The van der Waals surface area contributed by atoms with Gasteiger partial charge in [-0.1, -0.05) is 0 Å². The number of sulfonamides is 1. The largest absolute Gasteiger partial charge is 0.497 e. The summed E-state index contributed by atoms with van der Waals surface area (Å²) in [6.07, 6.45) is 1.99. The van der Waals surface area contributed by atoms with Crippen molar-refractivity contribution in [3.63, 3.8) is 0 Å². The van der Waals surface area contributed by atoms with Crippen molar-refractivity contribution >= 4 is 27.5 Å². The first-order valence-electron chi connectivity index (χ1n) is 10.8. The van der Waals surface area contributed by atoms with Crippen molar-refractivity contribution in [2.24, 2.45) is 5.14 Å². The Bertz CT molecular complexity index is 1410. The van der Waals surface area contributed by atoms with Crippen LogP contribution in [0, 0.1) is 18.2 Å². The highest BCUT2D eigenvalue weighted by molar-refractivity contribution is 7.89. The van der Waals surface area contributed by atoms with Crippen molar-refractivity contribution in [2.45, 2.75) is 24.7 Å². The van der Waals surface area contributed by atoms with Crippen molar-refractivity contribution < 1.29 is 22.3 Å². The quantitative estimate of drug-likeness (QED) is 0.351. The minimum Gasteiger partial charge on any atom is -0.497 e. The fraction of sp³-hybridized carbons (Fsp3) is 0.261. The number of carbonyl (C=O) groups excluding carboxylic acids is 1. The maximum Gasteiger partial charge on any atom is 0.274 e. The molecule has 4 rings (SSSR count). The molecule has 1 aromatic heterocycles. The summed E-state index contributed by atoms with van der Waals surface area (Å²) in [5, 5.41) is 20.4. The van der Waals surface area contributed by atoms with Crippen molar-refractivity contribution in [1.82, 2.24) is 14.7 Å². The van der Waals surface area contributed by atoms with Crippen molar-refractivity contribution in [2.75, 3.05) is 25.5 Å². The van der Waals surface area contributed by atoms with Crippen LogP contribution >= 0.6 is 0 Å². The lowest BCUT2D eigenvalue weighted by Gasteiger charge is -2.19. The van der Waals surface area contributed by atoms with E-state index in [1.165, 1.54) is 43.5 Å². The molecule has 0 aliphatic carbocycles. The van der Waals surface area contributed by atoms with Crippen LogP contribution in [0.4, 0.5) is 10.1 Å². The Morgan fingerprint density at radius 2 is 1.89 bits per heavy atom. The van der Waals surface area contributed by atoms with Gasteiger partial charge in [0.05, 0.1) is 24.2 Å². The van der Waals surface area contributed by atoms with Crippen LogP contribution in [0.3, 0.4) is 0 Å². The number of primary sulfonamides is 1.